The maximum absolute atomic E-state index is 10.4. The summed E-state index contributed by atoms with van der Waals surface area (Å²) < 4.78 is 0. The molecule has 0 saturated heterocycles. The van der Waals surface area contributed by atoms with Crippen LogP contribution in [-0.2, 0) is 4.79 Å². The summed E-state index contributed by atoms with van der Waals surface area (Å²) in [4.78, 5) is 12.5. The van der Waals surface area contributed by atoms with Crippen molar-refractivity contribution in [3.63, 3.8) is 0 Å². The first-order valence-electron chi connectivity index (χ1n) is 3.99. The molecule has 2 atom stereocenters. The lowest BCUT2D eigenvalue weighted by molar-refractivity contribution is -0.138. The molecule has 0 aliphatic heterocycles. The molecule has 0 radical (unpaired) electrons. The second kappa shape index (κ2) is 3.22. The fourth-order valence-corrected chi connectivity index (χ4v) is 1.29. The minimum atomic E-state index is -0.617. The van der Waals surface area contributed by atoms with Gasteiger partial charge in [-0.05, 0) is 39.4 Å². The van der Waals surface area contributed by atoms with E-state index >= 15 is 0 Å². The van der Waals surface area contributed by atoms with Gasteiger partial charge in [0.25, 0.3) is 0 Å². The zero-order valence-electron chi connectivity index (χ0n) is 7.08. The predicted octanol–water partition coefficient (Wildman–Crippen LogP) is 0.659. The molecular formula is C8H15NO2. The Labute approximate surface area is 67.0 Å². The van der Waals surface area contributed by atoms with Crippen molar-refractivity contribution in [3.8, 4) is 0 Å². The number of aliphatic carboxylic acids is 1. The fourth-order valence-electron chi connectivity index (χ4n) is 1.29. The van der Waals surface area contributed by atoms with Crippen LogP contribution in [0.25, 0.3) is 0 Å². The molecule has 0 aromatic heterocycles. The lowest BCUT2D eigenvalue weighted by Crippen LogP contribution is -2.14. The first kappa shape index (κ1) is 8.53. The van der Waals surface area contributed by atoms with E-state index in [4.69, 9.17) is 5.11 Å². The van der Waals surface area contributed by atoms with Crippen molar-refractivity contribution in [1.29, 1.82) is 0 Å². The minimum Gasteiger partial charge on any atom is -0.481 e. The number of hydrogen-bond donors (Lipinski definition) is 1. The van der Waals surface area contributed by atoms with Crippen molar-refractivity contribution >= 4 is 5.97 Å². The first-order valence-corrected chi connectivity index (χ1v) is 3.99. The fraction of sp³-hybridized carbons (Fsp3) is 0.875. The molecule has 0 amide bonds. The highest BCUT2D eigenvalue weighted by atomic mass is 16.4. The molecule has 3 heteroatoms. The molecule has 1 N–H and O–H groups in total. The van der Waals surface area contributed by atoms with E-state index in [2.05, 4.69) is 4.90 Å². The molecule has 1 aliphatic rings. The number of nitrogens with zero attached hydrogens (tertiary/aromatic N) is 1. The van der Waals surface area contributed by atoms with E-state index in [9.17, 15) is 4.79 Å². The van der Waals surface area contributed by atoms with Gasteiger partial charge in [0.2, 0.25) is 0 Å². The Morgan fingerprint density at radius 1 is 1.64 bits per heavy atom. The van der Waals surface area contributed by atoms with Crippen LogP contribution in [0.1, 0.15) is 12.8 Å². The molecule has 11 heavy (non-hydrogen) atoms. The monoisotopic (exact) mass is 157 g/mol. The van der Waals surface area contributed by atoms with E-state index in [1.165, 1.54) is 0 Å². The van der Waals surface area contributed by atoms with Crippen molar-refractivity contribution < 1.29 is 9.90 Å². The van der Waals surface area contributed by atoms with Crippen LogP contribution in [0.5, 0.6) is 0 Å². The summed E-state index contributed by atoms with van der Waals surface area (Å²) >= 11 is 0. The Hall–Kier alpha value is -0.570. The number of carboxylic acid groups (broad SMARTS) is 1. The summed E-state index contributed by atoms with van der Waals surface area (Å²) in [6.07, 6.45) is 1.92. The first-order chi connectivity index (χ1) is 5.11. The molecule has 1 rings (SSSR count). The largest absolute Gasteiger partial charge is 0.481 e. The highest BCUT2D eigenvalue weighted by Crippen LogP contribution is 2.41. The van der Waals surface area contributed by atoms with Crippen molar-refractivity contribution in [2.75, 3.05) is 20.6 Å². The summed E-state index contributed by atoms with van der Waals surface area (Å²) in [7, 11) is 4.02. The number of carboxylic acids is 1. The normalized spacial score (nSPS) is 29.0. The molecule has 1 saturated carbocycles. The van der Waals surface area contributed by atoms with Gasteiger partial charge in [0.15, 0.2) is 0 Å². The molecule has 0 spiro atoms. The average Bonchev–Trinajstić information content (AvgIpc) is 2.61. The lowest BCUT2D eigenvalue weighted by Gasteiger charge is -2.07. The second-order valence-electron chi connectivity index (χ2n) is 3.53. The summed E-state index contributed by atoms with van der Waals surface area (Å²) in [6.45, 7) is 1.01. The summed E-state index contributed by atoms with van der Waals surface area (Å²) in [5, 5.41) is 8.58. The maximum atomic E-state index is 10.4. The third-order valence-electron chi connectivity index (χ3n) is 2.19. The highest BCUT2D eigenvalue weighted by Gasteiger charge is 2.42. The molecule has 0 unspecified atom stereocenters. The van der Waals surface area contributed by atoms with Gasteiger partial charge >= 0.3 is 5.97 Å². The van der Waals surface area contributed by atoms with Crippen LogP contribution in [0.3, 0.4) is 0 Å². The van der Waals surface area contributed by atoms with Gasteiger partial charge in [-0.1, -0.05) is 0 Å². The number of hydrogen-bond acceptors (Lipinski definition) is 2. The molecule has 0 aromatic rings. The quantitative estimate of drug-likeness (QED) is 0.651. The van der Waals surface area contributed by atoms with Crippen LogP contribution < -0.4 is 0 Å². The zero-order valence-corrected chi connectivity index (χ0v) is 7.08. The smallest absolute Gasteiger partial charge is 0.306 e. The van der Waals surface area contributed by atoms with E-state index in [0.29, 0.717) is 5.92 Å². The maximum Gasteiger partial charge on any atom is 0.306 e. The van der Waals surface area contributed by atoms with Crippen LogP contribution in [0.15, 0.2) is 0 Å². The molecule has 0 heterocycles. The Bertz CT molecular complexity index is 156. The van der Waals surface area contributed by atoms with Crippen molar-refractivity contribution in [3.05, 3.63) is 0 Å². The summed E-state index contributed by atoms with van der Waals surface area (Å²) in [6, 6.07) is 0. The highest BCUT2D eigenvalue weighted by molar-refractivity contribution is 5.73. The summed E-state index contributed by atoms with van der Waals surface area (Å²) in [5.41, 5.74) is 0. The number of rotatable bonds is 4. The molecule has 3 nitrogen and oxygen atoms in total. The van der Waals surface area contributed by atoms with Crippen molar-refractivity contribution in [2.45, 2.75) is 12.8 Å². The van der Waals surface area contributed by atoms with Gasteiger partial charge in [-0.25, -0.2) is 0 Å². The molecule has 0 aromatic carbocycles. The van der Waals surface area contributed by atoms with Gasteiger partial charge in [-0.3, -0.25) is 4.79 Å². The van der Waals surface area contributed by atoms with E-state index in [-0.39, 0.29) is 5.92 Å². The molecule has 1 fully saturated rings. The molecule has 1 aliphatic carbocycles. The zero-order chi connectivity index (χ0) is 8.43. The van der Waals surface area contributed by atoms with Crippen molar-refractivity contribution in [1.82, 2.24) is 4.90 Å². The van der Waals surface area contributed by atoms with Gasteiger partial charge in [0.05, 0.1) is 5.92 Å². The van der Waals surface area contributed by atoms with Gasteiger partial charge in [-0.2, -0.15) is 0 Å². The van der Waals surface area contributed by atoms with E-state index in [0.717, 1.165) is 19.4 Å². The number of carbonyl (C=O) groups is 1. The van der Waals surface area contributed by atoms with Gasteiger partial charge in [0, 0.05) is 0 Å². The molecule has 64 valence electrons. The lowest BCUT2D eigenvalue weighted by atomic mass is 10.2. The van der Waals surface area contributed by atoms with Crippen LogP contribution in [0.2, 0.25) is 0 Å². The summed E-state index contributed by atoms with van der Waals surface area (Å²) in [5.74, 6) is -0.196. The Balaban J connectivity index is 2.09. The average molecular weight is 157 g/mol. The van der Waals surface area contributed by atoms with Gasteiger partial charge in [0.1, 0.15) is 0 Å². The van der Waals surface area contributed by atoms with E-state index in [1.807, 2.05) is 14.1 Å². The van der Waals surface area contributed by atoms with Gasteiger partial charge < -0.3 is 10.0 Å². The third-order valence-corrected chi connectivity index (χ3v) is 2.19. The molecular weight excluding hydrogens is 142 g/mol. The van der Waals surface area contributed by atoms with Gasteiger partial charge in [-0.15, -0.1) is 0 Å². The van der Waals surface area contributed by atoms with E-state index < -0.39 is 5.97 Å². The SMILES string of the molecule is CN(C)CC[C@@H]1C[C@H]1C(=O)O. The Morgan fingerprint density at radius 2 is 2.27 bits per heavy atom. The van der Waals surface area contributed by atoms with Crippen LogP contribution >= 0.6 is 0 Å². The Morgan fingerprint density at radius 3 is 2.64 bits per heavy atom. The minimum absolute atomic E-state index is 0.0325. The standard InChI is InChI=1S/C8H15NO2/c1-9(2)4-3-6-5-7(6)8(10)11/h6-7H,3-5H2,1-2H3,(H,10,11)/t6-,7-/m1/s1. The second-order valence-corrected chi connectivity index (χ2v) is 3.53. The Kier molecular flexibility index (Phi) is 2.49. The van der Waals surface area contributed by atoms with Crippen molar-refractivity contribution in [2.24, 2.45) is 11.8 Å². The third kappa shape index (κ3) is 2.50. The predicted molar refractivity (Wildman–Crippen MR) is 42.4 cm³/mol. The van der Waals surface area contributed by atoms with E-state index in [1.54, 1.807) is 0 Å². The van der Waals surface area contributed by atoms with Crippen LogP contribution in [-0.4, -0.2) is 36.6 Å². The molecule has 0 bridgehead atoms. The topological polar surface area (TPSA) is 40.5 Å². The van der Waals surface area contributed by atoms with Crippen LogP contribution in [0, 0.1) is 11.8 Å². The van der Waals surface area contributed by atoms with Crippen LogP contribution in [0.4, 0.5) is 0 Å².